The summed E-state index contributed by atoms with van der Waals surface area (Å²) in [6.45, 7) is 7.13. The number of rotatable bonds is 6. The van der Waals surface area contributed by atoms with E-state index in [0.29, 0.717) is 0 Å². The Bertz CT molecular complexity index is 606. The molecule has 0 fully saturated rings. The van der Waals surface area contributed by atoms with Gasteiger partial charge in [0.1, 0.15) is 5.69 Å². The quantitative estimate of drug-likeness (QED) is 0.633. The van der Waals surface area contributed by atoms with Gasteiger partial charge in [-0.05, 0) is 31.4 Å². The van der Waals surface area contributed by atoms with Crippen LogP contribution in [0, 0.1) is 13.8 Å². The van der Waals surface area contributed by atoms with Crippen molar-refractivity contribution in [1.82, 2.24) is 15.2 Å². The molecule has 0 bridgehead atoms. The van der Waals surface area contributed by atoms with Gasteiger partial charge in [0.15, 0.2) is 5.75 Å². The summed E-state index contributed by atoms with van der Waals surface area (Å²) in [7, 11) is 1.66. The van der Waals surface area contributed by atoms with Gasteiger partial charge in [0.25, 0.3) is 0 Å². The van der Waals surface area contributed by atoms with E-state index in [2.05, 4.69) is 49.5 Å². The highest BCUT2D eigenvalue weighted by Crippen LogP contribution is 2.31. The molecular formula is C16H24N4O. The molecule has 2 rings (SSSR count). The summed E-state index contributed by atoms with van der Waals surface area (Å²) in [4.78, 5) is 0. The van der Waals surface area contributed by atoms with Crippen LogP contribution in [0.25, 0.3) is 0 Å². The Morgan fingerprint density at radius 2 is 2.14 bits per heavy atom. The minimum atomic E-state index is -0.145. The maximum absolute atomic E-state index is 5.86. The van der Waals surface area contributed by atoms with Crippen molar-refractivity contribution in [3.8, 4) is 5.75 Å². The van der Waals surface area contributed by atoms with Gasteiger partial charge >= 0.3 is 0 Å². The minimum absolute atomic E-state index is 0.145. The monoisotopic (exact) mass is 288 g/mol. The Hall–Kier alpha value is -1.85. The van der Waals surface area contributed by atoms with Crippen LogP contribution >= 0.6 is 0 Å². The van der Waals surface area contributed by atoms with Crippen molar-refractivity contribution in [3.63, 3.8) is 0 Å². The number of benzene rings is 1. The maximum Gasteiger partial charge on any atom is 0.161 e. The molecule has 0 aliphatic carbocycles. The number of nitrogens with zero attached hydrogens (tertiary/aromatic N) is 2. The highest BCUT2D eigenvalue weighted by Gasteiger charge is 2.23. The molecule has 5 heteroatoms. The number of hydrogen-bond acceptors (Lipinski definition) is 4. The number of nitrogens with one attached hydrogen (secondary N) is 1. The Labute approximate surface area is 126 Å². The van der Waals surface area contributed by atoms with Crippen molar-refractivity contribution in [1.29, 1.82) is 0 Å². The summed E-state index contributed by atoms with van der Waals surface area (Å²) >= 11 is 0. The number of aromatic nitrogens is 2. The van der Waals surface area contributed by atoms with E-state index in [0.717, 1.165) is 30.0 Å². The van der Waals surface area contributed by atoms with Crippen LogP contribution in [-0.4, -0.2) is 16.9 Å². The van der Waals surface area contributed by atoms with Gasteiger partial charge in [-0.3, -0.25) is 10.5 Å². The van der Waals surface area contributed by atoms with Crippen molar-refractivity contribution in [2.24, 2.45) is 5.84 Å². The summed E-state index contributed by atoms with van der Waals surface area (Å²) in [5, 5.41) is 4.42. The third-order valence-corrected chi connectivity index (χ3v) is 3.69. The fourth-order valence-corrected chi connectivity index (χ4v) is 2.60. The molecule has 0 amide bonds. The van der Waals surface area contributed by atoms with Crippen LogP contribution in [0.4, 0.5) is 0 Å². The van der Waals surface area contributed by atoms with E-state index in [-0.39, 0.29) is 6.04 Å². The van der Waals surface area contributed by atoms with Crippen molar-refractivity contribution >= 4 is 0 Å². The highest BCUT2D eigenvalue weighted by atomic mass is 16.5. The minimum Gasteiger partial charge on any atom is -0.493 e. The van der Waals surface area contributed by atoms with Crippen LogP contribution in [0.1, 0.15) is 41.8 Å². The summed E-state index contributed by atoms with van der Waals surface area (Å²) < 4.78 is 7.43. The average molecular weight is 288 g/mol. The largest absolute Gasteiger partial charge is 0.493 e. The molecular weight excluding hydrogens is 264 g/mol. The zero-order chi connectivity index (χ0) is 15.4. The smallest absolute Gasteiger partial charge is 0.161 e. The fourth-order valence-electron chi connectivity index (χ4n) is 2.60. The topological polar surface area (TPSA) is 65.1 Å². The van der Waals surface area contributed by atoms with E-state index in [9.17, 15) is 0 Å². The van der Waals surface area contributed by atoms with E-state index in [1.54, 1.807) is 13.3 Å². The molecule has 3 N–H and O–H groups in total. The number of methoxy groups -OCH3 is 1. The molecule has 114 valence electrons. The molecule has 1 atom stereocenters. The van der Waals surface area contributed by atoms with Crippen LogP contribution in [0.15, 0.2) is 24.4 Å². The second-order valence-corrected chi connectivity index (χ2v) is 5.28. The van der Waals surface area contributed by atoms with Gasteiger partial charge in [-0.15, -0.1) is 0 Å². The zero-order valence-electron chi connectivity index (χ0n) is 13.2. The van der Waals surface area contributed by atoms with E-state index in [1.165, 1.54) is 11.1 Å². The molecule has 0 saturated heterocycles. The number of nitrogens with two attached hydrogens (primary N) is 1. The Kier molecular flexibility index (Phi) is 4.98. The lowest BCUT2D eigenvalue weighted by Crippen LogP contribution is -2.31. The molecule has 1 heterocycles. The van der Waals surface area contributed by atoms with Gasteiger partial charge in [-0.25, -0.2) is 5.43 Å². The summed E-state index contributed by atoms with van der Waals surface area (Å²) in [5.74, 6) is 6.61. The molecule has 0 aliphatic heterocycles. The number of ether oxygens (including phenoxy) is 1. The number of hydrazine groups is 1. The van der Waals surface area contributed by atoms with Crippen LogP contribution in [0.3, 0.4) is 0 Å². The predicted molar refractivity (Wildman–Crippen MR) is 84.2 cm³/mol. The molecule has 1 unspecified atom stereocenters. The number of hydrogen-bond donors (Lipinski definition) is 2. The summed E-state index contributed by atoms with van der Waals surface area (Å²) in [6.07, 6.45) is 2.75. The van der Waals surface area contributed by atoms with Crippen LogP contribution < -0.4 is 16.0 Å². The van der Waals surface area contributed by atoms with Gasteiger partial charge in [0.2, 0.25) is 0 Å². The normalized spacial score (nSPS) is 12.4. The molecule has 5 nitrogen and oxygen atoms in total. The standard InChI is InChI=1S/C16H24N4O/c1-5-8-20-16(14(21-4)10-18-20)15(19-17)13-9-11(2)6-7-12(13)3/h6-7,9-10,15,19H,5,8,17H2,1-4H3. The third kappa shape index (κ3) is 3.09. The van der Waals surface area contributed by atoms with Crippen molar-refractivity contribution < 1.29 is 4.74 Å². The second kappa shape index (κ2) is 6.74. The van der Waals surface area contributed by atoms with Crippen molar-refractivity contribution in [2.75, 3.05) is 7.11 Å². The van der Waals surface area contributed by atoms with Crippen LogP contribution in [0.2, 0.25) is 0 Å². The van der Waals surface area contributed by atoms with Crippen molar-refractivity contribution in [3.05, 3.63) is 46.8 Å². The molecule has 21 heavy (non-hydrogen) atoms. The lowest BCUT2D eigenvalue weighted by Gasteiger charge is -2.21. The molecule has 1 aromatic heterocycles. The molecule has 1 aromatic carbocycles. The lowest BCUT2D eigenvalue weighted by atomic mass is 9.96. The third-order valence-electron chi connectivity index (χ3n) is 3.69. The van der Waals surface area contributed by atoms with Gasteiger partial charge in [-0.2, -0.15) is 5.10 Å². The maximum atomic E-state index is 5.86. The van der Waals surface area contributed by atoms with E-state index in [4.69, 9.17) is 10.6 Å². The fraction of sp³-hybridized carbons (Fsp3) is 0.438. The summed E-state index contributed by atoms with van der Waals surface area (Å²) in [6, 6.07) is 6.23. The summed E-state index contributed by atoms with van der Waals surface area (Å²) in [5.41, 5.74) is 7.43. The molecule has 0 aliphatic rings. The van der Waals surface area contributed by atoms with Gasteiger partial charge in [0, 0.05) is 6.54 Å². The lowest BCUT2D eigenvalue weighted by molar-refractivity contribution is 0.398. The molecule has 0 spiro atoms. The van der Waals surface area contributed by atoms with Crippen LogP contribution in [0.5, 0.6) is 5.75 Å². The SMILES string of the molecule is CCCn1ncc(OC)c1C(NN)c1cc(C)ccc1C. The predicted octanol–water partition coefficient (Wildman–Crippen LogP) is 2.47. The first-order valence-electron chi connectivity index (χ1n) is 7.25. The van der Waals surface area contributed by atoms with E-state index < -0.39 is 0 Å². The zero-order valence-corrected chi connectivity index (χ0v) is 13.2. The Balaban J connectivity index is 2.55. The Morgan fingerprint density at radius 3 is 2.76 bits per heavy atom. The molecule has 0 radical (unpaired) electrons. The first kappa shape index (κ1) is 15.5. The van der Waals surface area contributed by atoms with E-state index >= 15 is 0 Å². The number of aryl methyl sites for hydroxylation is 3. The second-order valence-electron chi connectivity index (χ2n) is 5.28. The molecule has 2 aromatic rings. The first-order valence-corrected chi connectivity index (χ1v) is 7.25. The van der Waals surface area contributed by atoms with Gasteiger partial charge in [0.05, 0.1) is 19.3 Å². The van der Waals surface area contributed by atoms with E-state index in [1.807, 2.05) is 4.68 Å². The average Bonchev–Trinajstić information content (AvgIpc) is 2.87. The highest BCUT2D eigenvalue weighted by molar-refractivity contribution is 5.41. The first-order chi connectivity index (χ1) is 10.1. The van der Waals surface area contributed by atoms with Crippen LogP contribution in [-0.2, 0) is 6.54 Å². The van der Waals surface area contributed by atoms with Crippen molar-refractivity contribution in [2.45, 2.75) is 39.8 Å². The van der Waals surface area contributed by atoms with Gasteiger partial charge in [-0.1, -0.05) is 30.7 Å². The van der Waals surface area contributed by atoms with Gasteiger partial charge < -0.3 is 4.74 Å². The molecule has 0 saturated carbocycles. The Morgan fingerprint density at radius 1 is 1.38 bits per heavy atom.